The monoisotopic (exact) mass is 788 g/mol. The van der Waals surface area contributed by atoms with Gasteiger partial charge < -0.3 is 39.0 Å². The van der Waals surface area contributed by atoms with E-state index in [9.17, 15) is 28.5 Å². The highest BCUT2D eigenvalue weighted by molar-refractivity contribution is 7.60. The maximum Gasteiger partial charge on any atom is 0.409 e. The number of rotatable bonds is 17. The molecule has 3 N–H and O–H groups in total. The second-order valence-electron chi connectivity index (χ2n) is 13.4. The second-order valence-corrected chi connectivity index (χ2v) is 15.7. The zero-order valence-corrected chi connectivity index (χ0v) is 33.2. The molecule has 302 valence electrons. The van der Waals surface area contributed by atoms with Crippen LogP contribution < -0.4 is 20.4 Å². The SMILES string of the molecule is CCCCOC(=O)N1CCN(C(=O)C(CP(=O)(N[C@@H](C)C(=O)OC)N[C@H](C)C(=O)OC)NC(=O)c2cc(N3CC[C@H](OC)C3)nc(-c3ccccc3)n2)CC1. The molecule has 19 heteroatoms. The quantitative estimate of drug-likeness (QED) is 0.0907. The van der Waals surface area contributed by atoms with Crippen LogP contribution in [0.5, 0.6) is 0 Å². The number of piperazine rings is 1. The molecule has 18 nitrogen and oxygen atoms in total. The molecule has 0 saturated carbocycles. The molecule has 0 radical (unpaired) electrons. The van der Waals surface area contributed by atoms with E-state index in [-0.39, 0.29) is 50.4 Å². The van der Waals surface area contributed by atoms with E-state index in [1.165, 1.54) is 43.9 Å². The van der Waals surface area contributed by atoms with Gasteiger partial charge in [-0.05, 0) is 26.7 Å². The molecule has 2 aliphatic heterocycles. The van der Waals surface area contributed by atoms with Crippen molar-refractivity contribution in [3.63, 3.8) is 0 Å². The molecular formula is C36H53N8O10P. The first-order valence-corrected chi connectivity index (χ1v) is 20.2. The molecule has 4 rings (SSSR count). The minimum absolute atomic E-state index is 0.0259. The summed E-state index contributed by atoms with van der Waals surface area (Å²) in [6, 6.07) is 6.89. The zero-order chi connectivity index (χ0) is 40.1. The number of carbonyl (C=O) groups is 5. The summed E-state index contributed by atoms with van der Waals surface area (Å²) in [6.45, 7) is 6.79. The van der Waals surface area contributed by atoms with Gasteiger partial charge in [0.1, 0.15) is 29.6 Å². The summed E-state index contributed by atoms with van der Waals surface area (Å²) in [4.78, 5) is 80.4. The molecule has 0 aliphatic carbocycles. The predicted octanol–water partition coefficient (Wildman–Crippen LogP) is 2.04. The molecule has 2 saturated heterocycles. The summed E-state index contributed by atoms with van der Waals surface area (Å²) in [7, 11) is -0.147. The number of unbranched alkanes of at least 4 members (excludes halogenated alkanes) is 1. The van der Waals surface area contributed by atoms with Crippen molar-refractivity contribution in [3.05, 3.63) is 42.1 Å². The standard InChI is InChI=1S/C36H53N8O10P/c1-7-8-20-54-36(49)43-18-16-42(17-19-43)33(46)29(23-55(50,40-24(2)34(47)52-5)41-25(3)35(48)53-6)38-32(45)28-21-30(44-15-14-27(22-44)51-4)39-31(37-28)26-12-10-9-11-13-26/h9-13,21,24-25,27,29H,7-8,14-20,22-23H2,1-6H3,(H,38,45)(H2,40,41,50)/t24-,25+,27-,29?,55?/m0/s1. The highest BCUT2D eigenvalue weighted by Crippen LogP contribution is 2.39. The van der Waals surface area contributed by atoms with Gasteiger partial charge in [0, 0.05) is 58.0 Å². The summed E-state index contributed by atoms with van der Waals surface area (Å²) in [6.07, 6.45) is 1.26. The van der Waals surface area contributed by atoms with Crippen LogP contribution in [-0.2, 0) is 37.9 Å². The van der Waals surface area contributed by atoms with Crippen molar-refractivity contribution >= 4 is 43.1 Å². The van der Waals surface area contributed by atoms with Crippen LogP contribution in [0.2, 0.25) is 0 Å². The number of carbonyl (C=O) groups excluding carboxylic acids is 5. The Morgan fingerprint density at radius 2 is 1.51 bits per heavy atom. The van der Waals surface area contributed by atoms with Gasteiger partial charge in [0.25, 0.3) is 5.91 Å². The Morgan fingerprint density at radius 1 is 0.891 bits per heavy atom. The van der Waals surface area contributed by atoms with Crippen molar-refractivity contribution in [1.29, 1.82) is 0 Å². The third-order valence-electron chi connectivity index (χ3n) is 9.31. The van der Waals surface area contributed by atoms with Crippen LogP contribution >= 0.6 is 7.44 Å². The Labute approximate surface area is 321 Å². The van der Waals surface area contributed by atoms with Crippen LogP contribution in [0, 0.1) is 0 Å². The molecular weight excluding hydrogens is 735 g/mol. The molecule has 1 aromatic carbocycles. The number of benzene rings is 1. The van der Waals surface area contributed by atoms with Crippen molar-refractivity contribution in [2.45, 2.75) is 64.3 Å². The van der Waals surface area contributed by atoms with Gasteiger partial charge in [-0.15, -0.1) is 0 Å². The van der Waals surface area contributed by atoms with E-state index in [0.29, 0.717) is 24.5 Å². The average molecular weight is 789 g/mol. The Balaban J connectivity index is 1.69. The smallest absolute Gasteiger partial charge is 0.409 e. The molecule has 0 bridgehead atoms. The fourth-order valence-corrected chi connectivity index (χ4v) is 8.69. The first-order valence-electron chi connectivity index (χ1n) is 18.3. The summed E-state index contributed by atoms with van der Waals surface area (Å²) >= 11 is 0. The second kappa shape index (κ2) is 20.3. The lowest BCUT2D eigenvalue weighted by Gasteiger charge is -2.37. The molecule has 5 atom stereocenters. The fraction of sp³-hybridized carbons (Fsp3) is 0.583. The van der Waals surface area contributed by atoms with E-state index in [0.717, 1.165) is 19.3 Å². The van der Waals surface area contributed by atoms with Crippen LogP contribution in [0.25, 0.3) is 11.4 Å². The number of nitrogens with zero attached hydrogens (tertiary/aromatic N) is 5. The van der Waals surface area contributed by atoms with Gasteiger partial charge in [-0.3, -0.25) is 23.7 Å². The summed E-state index contributed by atoms with van der Waals surface area (Å²) < 4.78 is 35.2. The van der Waals surface area contributed by atoms with E-state index < -0.39 is 61.6 Å². The largest absolute Gasteiger partial charge is 0.468 e. The molecule has 1 aromatic heterocycles. The maximum absolute atomic E-state index is 14.7. The highest BCUT2D eigenvalue weighted by Gasteiger charge is 2.39. The number of aromatic nitrogens is 2. The van der Waals surface area contributed by atoms with E-state index >= 15 is 0 Å². The Morgan fingerprint density at radius 3 is 2.07 bits per heavy atom. The molecule has 3 heterocycles. The van der Waals surface area contributed by atoms with Gasteiger partial charge in [-0.1, -0.05) is 43.7 Å². The summed E-state index contributed by atoms with van der Waals surface area (Å²) in [5, 5.41) is 8.18. The first-order chi connectivity index (χ1) is 26.3. The number of nitrogens with one attached hydrogen (secondary N) is 3. The normalized spacial score (nSPS) is 18.4. The van der Waals surface area contributed by atoms with Crippen molar-refractivity contribution in [2.75, 3.05) is 78.3 Å². The predicted molar refractivity (Wildman–Crippen MR) is 202 cm³/mol. The lowest BCUT2D eigenvalue weighted by molar-refractivity contribution is -0.142. The Kier molecular flexibility index (Phi) is 15.9. The number of hydrogen-bond donors (Lipinski definition) is 3. The Bertz CT molecular complexity index is 1670. The number of amides is 3. The Hall–Kier alpha value is -4.64. The van der Waals surface area contributed by atoms with Gasteiger partial charge in [-0.2, -0.15) is 0 Å². The molecule has 3 amide bonds. The van der Waals surface area contributed by atoms with Crippen LogP contribution in [0.15, 0.2) is 36.4 Å². The molecule has 0 spiro atoms. The molecule has 2 aliphatic rings. The third-order valence-corrected chi connectivity index (χ3v) is 11.8. The topological polar surface area (TPSA) is 211 Å². The van der Waals surface area contributed by atoms with E-state index in [1.807, 2.05) is 42.2 Å². The maximum atomic E-state index is 14.7. The number of hydrogen-bond acceptors (Lipinski definition) is 13. The van der Waals surface area contributed by atoms with Crippen LogP contribution in [-0.4, -0.2) is 147 Å². The lowest BCUT2D eigenvalue weighted by Crippen LogP contribution is -2.57. The van der Waals surface area contributed by atoms with Crippen LogP contribution in [0.4, 0.5) is 10.6 Å². The number of esters is 2. The number of ether oxygens (including phenoxy) is 4. The van der Waals surface area contributed by atoms with Gasteiger partial charge in [0.05, 0.1) is 33.1 Å². The molecule has 2 fully saturated rings. The van der Waals surface area contributed by atoms with Crippen molar-refractivity contribution < 1.29 is 47.5 Å². The van der Waals surface area contributed by atoms with E-state index in [2.05, 4.69) is 20.5 Å². The zero-order valence-electron chi connectivity index (χ0n) is 32.3. The minimum atomic E-state index is -4.12. The van der Waals surface area contributed by atoms with Crippen LogP contribution in [0.3, 0.4) is 0 Å². The fourth-order valence-electron chi connectivity index (χ4n) is 6.18. The van der Waals surface area contributed by atoms with Crippen molar-refractivity contribution in [2.24, 2.45) is 0 Å². The van der Waals surface area contributed by atoms with Gasteiger partial charge >= 0.3 is 18.0 Å². The van der Waals surface area contributed by atoms with Crippen molar-refractivity contribution in [1.82, 2.24) is 35.3 Å². The number of methoxy groups -OCH3 is 3. The molecule has 2 unspecified atom stereocenters. The summed E-state index contributed by atoms with van der Waals surface area (Å²) in [5.74, 6) is -2.10. The van der Waals surface area contributed by atoms with Gasteiger partial charge in [-0.25, -0.2) is 24.9 Å². The lowest BCUT2D eigenvalue weighted by atomic mass is 10.2. The highest BCUT2D eigenvalue weighted by atomic mass is 31.2. The number of anilines is 1. The van der Waals surface area contributed by atoms with E-state index in [1.54, 1.807) is 7.11 Å². The molecule has 55 heavy (non-hydrogen) atoms. The van der Waals surface area contributed by atoms with Crippen LogP contribution in [0.1, 0.15) is 50.5 Å². The van der Waals surface area contributed by atoms with E-state index in [4.69, 9.17) is 23.9 Å². The van der Waals surface area contributed by atoms with Gasteiger partial charge in [0.15, 0.2) is 5.82 Å². The summed E-state index contributed by atoms with van der Waals surface area (Å²) in [5.41, 5.74) is 0.606. The third kappa shape index (κ3) is 11.9. The minimum Gasteiger partial charge on any atom is -0.468 e. The molecule has 2 aromatic rings. The van der Waals surface area contributed by atoms with Crippen molar-refractivity contribution in [3.8, 4) is 11.4 Å². The average Bonchev–Trinajstić information content (AvgIpc) is 3.69. The first kappa shape index (κ1) is 43.1. The van der Waals surface area contributed by atoms with Gasteiger partial charge in [0.2, 0.25) is 13.4 Å².